The molecule has 3 nitrogen and oxygen atoms in total. The minimum absolute atomic E-state index is 0.493. The van der Waals surface area contributed by atoms with Gasteiger partial charge in [-0.15, -0.1) is 11.8 Å². The molecule has 0 aliphatic rings. The topological polar surface area (TPSA) is 35.0 Å². The fourth-order valence-electron chi connectivity index (χ4n) is 0.681. The van der Waals surface area contributed by atoms with Crippen LogP contribution in [0.2, 0.25) is 0 Å². The predicted octanol–water partition coefficient (Wildman–Crippen LogP) is 2.15. The van der Waals surface area contributed by atoms with Crippen molar-refractivity contribution in [3.8, 4) is 5.88 Å². The first-order chi connectivity index (χ1) is 6.22. The minimum Gasteiger partial charge on any atom is -0.472 e. The van der Waals surface area contributed by atoms with E-state index >= 15 is 0 Å². The third-order valence-corrected chi connectivity index (χ3v) is 1.91. The molecule has 70 valence electrons. The summed E-state index contributed by atoms with van der Waals surface area (Å²) in [5, 5.41) is 0.891. The highest BCUT2D eigenvalue weighted by Crippen LogP contribution is 2.12. The Labute approximate surface area is 82.2 Å². The van der Waals surface area contributed by atoms with Crippen molar-refractivity contribution >= 4 is 11.8 Å². The van der Waals surface area contributed by atoms with Gasteiger partial charge in [0, 0.05) is 0 Å². The fraction of sp³-hybridized carbons (Fsp3) is 0.333. The maximum Gasteiger partial charge on any atom is 0.232 e. The zero-order valence-corrected chi connectivity index (χ0v) is 8.60. The molecular formula is C9H12N2OS. The monoisotopic (exact) mass is 196 g/mol. The number of ether oxygens (including phenoxy) is 1. The highest BCUT2D eigenvalue weighted by atomic mass is 32.2. The van der Waals surface area contributed by atoms with Crippen LogP contribution in [0.5, 0.6) is 5.88 Å². The van der Waals surface area contributed by atoms with Crippen molar-refractivity contribution in [2.45, 2.75) is 11.9 Å². The minimum atomic E-state index is 0.493. The summed E-state index contributed by atoms with van der Waals surface area (Å²) in [4.78, 5) is 8.20. The first-order valence-corrected chi connectivity index (χ1v) is 5.08. The normalized spacial score (nSPS) is 9.69. The SMILES string of the molecule is C=C(C)COc1cnc(SC)cn1. The third-order valence-electron chi connectivity index (χ3n) is 1.28. The van der Waals surface area contributed by atoms with E-state index in [1.54, 1.807) is 24.2 Å². The van der Waals surface area contributed by atoms with Crippen molar-refractivity contribution in [2.24, 2.45) is 0 Å². The van der Waals surface area contributed by atoms with E-state index in [2.05, 4.69) is 16.5 Å². The van der Waals surface area contributed by atoms with Crippen molar-refractivity contribution in [1.82, 2.24) is 9.97 Å². The Hall–Kier alpha value is -1.03. The summed E-state index contributed by atoms with van der Waals surface area (Å²) < 4.78 is 5.28. The zero-order chi connectivity index (χ0) is 9.68. The molecule has 0 N–H and O–H groups in total. The van der Waals surface area contributed by atoms with Crippen LogP contribution in [0.3, 0.4) is 0 Å². The molecule has 1 aromatic rings. The second-order valence-electron chi connectivity index (χ2n) is 2.64. The molecule has 0 unspecified atom stereocenters. The molecule has 4 heteroatoms. The lowest BCUT2D eigenvalue weighted by Crippen LogP contribution is -1.99. The van der Waals surface area contributed by atoms with Gasteiger partial charge in [-0.2, -0.15) is 0 Å². The van der Waals surface area contributed by atoms with E-state index in [4.69, 9.17) is 4.74 Å². The Morgan fingerprint density at radius 1 is 1.54 bits per heavy atom. The maximum atomic E-state index is 5.28. The van der Waals surface area contributed by atoms with Crippen LogP contribution in [-0.4, -0.2) is 22.8 Å². The molecule has 0 radical (unpaired) electrons. The molecule has 1 heterocycles. The predicted molar refractivity (Wildman–Crippen MR) is 54.1 cm³/mol. The average Bonchev–Trinajstić information content (AvgIpc) is 2.15. The summed E-state index contributed by atoms with van der Waals surface area (Å²) in [5.74, 6) is 0.542. The third kappa shape index (κ3) is 3.46. The molecule has 0 aromatic carbocycles. The fourth-order valence-corrected chi connectivity index (χ4v) is 0.998. The zero-order valence-electron chi connectivity index (χ0n) is 7.78. The molecule has 1 rings (SSSR count). The van der Waals surface area contributed by atoms with Gasteiger partial charge in [-0.3, -0.25) is 0 Å². The summed E-state index contributed by atoms with van der Waals surface area (Å²) in [6.07, 6.45) is 5.27. The van der Waals surface area contributed by atoms with E-state index in [-0.39, 0.29) is 0 Å². The Bertz CT molecular complexity index is 284. The van der Waals surface area contributed by atoms with Gasteiger partial charge in [-0.05, 0) is 18.8 Å². The van der Waals surface area contributed by atoms with Crippen LogP contribution in [-0.2, 0) is 0 Å². The number of hydrogen-bond acceptors (Lipinski definition) is 4. The van der Waals surface area contributed by atoms with Crippen molar-refractivity contribution in [1.29, 1.82) is 0 Å². The maximum absolute atomic E-state index is 5.28. The molecule has 0 bridgehead atoms. The van der Waals surface area contributed by atoms with Gasteiger partial charge in [0.15, 0.2) is 0 Å². The van der Waals surface area contributed by atoms with Crippen LogP contribution in [0, 0.1) is 0 Å². The van der Waals surface area contributed by atoms with Crippen LogP contribution in [0.25, 0.3) is 0 Å². The molecule has 0 aliphatic carbocycles. The van der Waals surface area contributed by atoms with Crippen molar-refractivity contribution < 1.29 is 4.74 Å². The van der Waals surface area contributed by atoms with Gasteiger partial charge < -0.3 is 4.74 Å². The number of hydrogen-bond donors (Lipinski definition) is 0. The van der Waals surface area contributed by atoms with Crippen molar-refractivity contribution in [2.75, 3.05) is 12.9 Å². The summed E-state index contributed by atoms with van der Waals surface area (Å²) >= 11 is 1.56. The second-order valence-corrected chi connectivity index (χ2v) is 3.47. The van der Waals surface area contributed by atoms with E-state index in [9.17, 15) is 0 Å². The van der Waals surface area contributed by atoms with E-state index in [0.29, 0.717) is 12.5 Å². The molecule has 0 aliphatic heterocycles. The molecule has 0 saturated heterocycles. The molecule has 1 aromatic heterocycles. The lowest BCUT2D eigenvalue weighted by molar-refractivity contribution is 0.336. The van der Waals surface area contributed by atoms with Crippen LogP contribution >= 0.6 is 11.8 Å². The van der Waals surface area contributed by atoms with Gasteiger partial charge in [0.05, 0.1) is 12.4 Å². The Kier molecular flexibility index (Phi) is 3.76. The largest absolute Gasteiger partial charge is 0.472 e. The lowest BCUT2D eigenvalue weighted by atomic mass is 10.4. The highest BCUT2D eigenvalue weighted by Gasteiger charge is 1.96. The molecule has 0 amide bonds. The van der Waals surface area contributed by atoms with Crippen molar-refractivity contribution in [3.05, 3.63) is 24.5 Å². The van der Waals surface area contributed by atoms with Gasteiger partial charge >= 0.3 is 0 Å². The summed E-state index contributed by atoms with van der Waals surface area (Å²) in [7, 11) is 0. The average molecular weight is 196 g/mol. The van der Waals surface area contributed by atoms with E-state index in [1.807, 2.05) is 13.2 Å². The van der Waals surface area contributed by atoms with E-state index in [0.717, 1.165) is 10.6 Å². The number of aromatic nitrogens is 2. The van der Waals surface area contributed by atoms with Gasteiger partial charge in [0.25, 0.3) is 0 Å². The van der Waals surface area contributed by atoms with Gasteiger partial charge in [0.2, 0.25) is 5.88 Å². The van der Waals surface area contributed by atoms with Gasteiger partial charge in [-0.1, -0.05) is 6.58 Å². The highest BCUT2D eigenvalue weighted by molar-refractivity contribution is 7.98. The summed E-state index contributed by atoms with van der Waals surface area (Å²) in [6, 6.07) is 0. The van der Waals surface area contributed by atoms with Crippen LogP contribution < -0.4 is 4.74 Å². The van der Waals surface area contributed by atoms with Crippen molar-refractivity contribution in [3.63, 3.8) is 0 Å². The summed E-state index contributed by atoms with van der Waals surface area (Å²) in [6.45, 7) is 6.13. The second kappa shape index (κ2) is 4.87. The number of rotatable bonds is 4. The standard InChI is InChI=1S/C9H12N2OS/c1-7(2)6-12-8-4-11-9(13-3)5-10-8/h4-5H,1,6H2,2-3H3. The molecular weight excluding hydrogens is 184 g/mol. The molecule has 0 saturated carbocycles. The molecule has 0 fully saturated rings. The molecule has 13 heavy (non-hydrogen) atoms. The molecule has 0 atom stereocenters. The van der Waals surface area contributed by atoms with E-state index < -0.39 is 0 Å². The quantitative estimate of drug-likeness (QED) is 0.546. The van der Waals surface area contributed by atoms with Crippen LogP contribution in [0.1, 0.15) is 6.92 Å². The summed E-state index contributed by atoms with van der Waals surface area (Å²) in [5.41, 5.74) is 0.968. The van der Waals surface area contributed by atoms with Crippen LogP contribution in [0.15, 0.2) is 29.6 Å². The van der Waals surface area contributed by atoms with E-state index in [1.165, 1.54) is 0 Å². The van der Waals surface area contributed by atoms with Gasteiger partial charge in [-0.25, -0.2) is 9.97 Å². The van der Waals surface area contributed by atoms with Crippen LogP contribution in [0.4, 0.5) is 0 Å². The first-order valence-electron chi connectivity index (χ1n) is 3.85. The molecule has 0 spiro atoms. The Morgan fingerprint density at radius 3 is 2.77 bits per heavy atom. The Morgan fingerprint density at radius 2 is 2.31 bits per heavy atom. The lowest BCUT2D eigenvalue weighted by Gasteiger charge is -2.03. The number of nitrogens with zero attached hydrogens (tertiary/aromatic N) is 2. The Balaban J connectivity index is 2.54. The van der Waals surface area contributed by atoms with Gasteiger partial charge in [0.1, 0.15) is 11.6 Å². The number of thioether (sulfide) groups is 1. The smallest absolute Gasteiger partial charge is 0.232 e. The first kappa shape index (κ1) is 10.1.